The summed E-state index contributed by atoms with van der Waals surface area (Å²) in [5.74, 6) is 0.186. The molecule has 0 spiro atoms. The molecule has 0 atom stereocenters. The van der Waals surface area contributed by atoms with E-state index >= 15 is 0 Å². The number of hydrogen-bond acceptors (Lipinski definition) is 4. The Bertz CT molecular complexity index is 495. The van der Waals surface area contributed by atoms with Crippen LogP contribution in [0, 0.1) is 0 Å². The summed E-state index contributed by atoms with van der Waals surface area (Å²) < 4.78 is 31.2. The highest BCUT2D eigenvalue weighted by Gasteiger charge is 2.23. The highest BCUT2D eigenvalue weighted by molar-refractivity contribution is 7.84. The Balaban J connectivity index is 2.83. The molecular weight excluding hydrogens is 276 g/mol. The lowest BCUT2D eigenvalue weighted by atomic mass is 10.3. The Morgan fingerprint density at radius 1 is 1.10 bits per heavy atom. The van der Waals surface area contributed by atoms with Crippen LogP contribution in [0.4, 0.5) is 5.69 Å². The van der Waals surface area contributed by atoms with E-state index < -0.39 is 10.3 Å². The van der Waals surface area contributed by atoms with Gasteiger partial charge in [0.15, 0.2) is 5.75 Å². The van der Waals surface area contributed by atoms with Gasteiger partial charge in [0.25, 0.3) is 0 Å². The Labute approximate surface area is 122 Å². The van der Waals surface area contributed by atoms with E-state index in [0.717, 1.165) is 25.7 Å². The maximum absolute atomic E-state index is 12.3. The molecule has 6 heteroatoms. The van der Waals surface area contributed by atoms with Gasteiger partial charge in [-0.15, -0.1) is 0 Å². The monoisotopic (exact) mass is 300 g/mol. The van der Waals surface area contributed by atoms with Crippen molar-refractivity contribution in [1.82, 2.24) is 4.31 Å². The quantitative estimate of drug-likeness (QED) is 0.712. The van der Waals surface area contributed by atoms with Crippen LogP contribution in [0.15, 0.2) is 24.3 Å². The highest BCUT2D eigenvalue weighted by Crippen LogP contribution is 2.23. The fourth-order valence-corrected chi connectivity index (χ4v) is 2.92. The third-order valence-corrected chi connectivity index (χ3v) is 4.34. The molecule has 0 saturated carbocycles. The van der Waals surface area contributed by atoms with Crippen LogP contribution in [0.2, 0.25) is 0 Å². The van der Waals surface area contributed by atoms with Gasteiger partial charge in [-0.25, -0.2) is 0 Å². The van der Waals surface area contributed by atoms with Crippen LogP contribution in [-0.4, -0.2) is 25.8 Å². The standard InChI is InChI=1S/C14H24N2O3S/c1-3-5-11-16(12-6-4-2)20(17,18)19-14-10-8-7-9-13(14)15/h7-10H,3-6,11-12,15H2,1-2H3. The lowest BCUT2D eigenvalue weighted by Crippen LogP contribution is -2.36. The zero-order valence-corrected chi connectivity index (χ0v) is 13.0. The third kappa shape index (κ3) is 5.02. The van der Waals surface area contributed by atoms with Crippen molar-refractivity contribution in [3.05, 3.63) is 24.3 Å². The molecule has 0 aliphatic carbocycles. The van der Waals surface area contributed by atoms with Gasteiger partial charge in [0.2, 0.25) is 0 Å². The zero-order chi connectivity index (χ0) is 15.0. The smallest absolute Gasteiger partial charge is 0.385 e. The van der Waals surface area contributed by atoms with Crippen LogP contribution in [0.25, 0.3) is 0 Å². The average Bonchev–Trinajstić information content (AvgIpc) is 2.41. The molecule has 114 valence electrons. The maximum atomic E-state index is 12.3. The van der Waals surface area contributed by atoms with Gasteiger partial charge >= 0.3 is 10.3 Å². The molecule has 1 aromatic rings. The van der Waals surface area contributed by atoms with Crippen LogP contribution < -0.4 is 9.92 Å². The molecule has 0 amide bonds. The molecule has 2 N–H and O–H groups in total. The minimum atomic E-state index is -3.79. The molecule has 0 saturated heterocycles. The first-order valence-corrected chi connectivity index (χ1v) is 8.41. The largest absolute Gasteiger partial charge is 0.396 e. The first kappa shape index (κ1) is 16.8. The molecule has 0 heterocycles. The summed E-state index contributed by atoms with van der Waals surface area (Å²) in [6, 6.07) is 6.61. The van der Waals surface area contributed by atoms with Gasteiger partial charge in [0, 0.05) is 13.1 Å². The summed E-state index contributed by atoms with van der Waals surface area (Å²) in [6.07, 6.45) is 3.50. The summed E-state index contributed by atoms with van der Waals surface area (Å²) in [5, 5.41) is 0. The minimum absolute atomic E-state index is 0.186. The van der Waals surface area contributed by atoms with Crippen LogP contribution in [0.5, 0.6) is 5.75 Å². The summed E-state index contributed by atoms with van der Waals surface area (Å²) >= 11 is 0. The normalized spacial score (nSPS) is 11.8. The van der Waals surface area contributed by atoms with E-state index in [2.05, 4.69) is 0 Å². The second-order valence-electron chi connectivity index (χ2n) is 4.69. The van der Waals surface area contributed by atoms with E-state index in [9.17, 15) is 8.42 Å². The van der Waals surface area contributed by atoms with Gasteiger partial charge in [-0.05, 0) is 25.0 Å². The Hall–Kier alpha value is -1.27. The lowest BCUT2D eigenvalue weighted by molar-refractivity contribution is 0.346. The SMILES string of the molecule is CCCCN(CCCC)S(=O)(=O)Oc1ccccc1N. The number of unbranched alkanes of at least 4 members (excludes halogenated alkanes) is 2. The molecule has 0 radical (unpaired) electrons. The van der Waals surface area contributed by atoms with Gasteiger partial charge in [0.1, 0.15) is 0 Å². The summed E-state index contributed by atoms with van der Waals surface area (Å²) in [7, 11) is -3.79. The topological polar surface area (TPSA) is 72.6 Å². The number of benzene rings is 1. The minimum Gasteiger partial charge on any atom is -0.396 e. The molecule has 5 nitrogen and oxygen atoms in total. The molecule has 0 unspecified atom stereocenters. The molecule has 0 bridgehead atoms. The Morgan fingerprint density at radius 3 is 2.15 bits per heavy atom. The van der Waals surface area contributed by atoms with E-state index in [1.807, 2.05) is 13.8 Å². The average molecular weight is 300 g/mol. The van der Waals surface area contributed by atoms with Crippen LogP contribution in [0.1, 0.15) is 39.5 Å². The fourth-order valence-electron chi connectivity index (χ4n) is 1.73. The Kier molecular flexibility index (Phi) is 6.81. The van der Waals surface area contributed by atoms with Crippen molar-refractivity contribution in [2.24, 2.45) is 0 Å². The van der Waals surface area contributed by atoms with Gasteiger partial charge in [0.05, 0.1) is 5.69 Å². The van der Waals surface area contributed by atoms with Gasteiger partial charge < -0.3 is 9.92 Å². The highest BCUT2D eigenvalue weighted by atomic mass is 32.2. The lowest BCUT2D eigenvalue weighted by Gasteiger charge is -2.21. The number of anilines is 1. The predicted molar refractivity (Wildman–Crippen MR) is 81.8 cm³/mol. The van der Waals surface area contributed by atoms with Crippen molar-refractivity contribution < 1.29 is 12.6 Å². The van der Waals surface area contributed by atoms with Crippen LogP contribution in [0.3, 0.4) is 0 Å². The molecular formula is C14H24N2O3S. The number of nitrogens with two attached hydrogens (primary N) is 1. The van der Waals surface area contributed by atoms with Gasteiger partial charge in [-0.2, -0.15) is 12.7 Å². The number of hydrogen-bond donors (Lipinski definition) is 1. The van der Waals surface area contributed by atoms with Gasteiger partial charge in [-0.3, -0.25) is 0 Å². The van der Waals surface area contributed by atoms with Crippen LogP contribution in [-0.2, 0) is 10.3 Å². The number of para-hydroxylation sites is 2. The molecule has 0 fully saturated rings. The third-order valence-electron chi connectivity index (χ3n) is 2.95. The van der Waals surface area contributed by atoms with Crippen LogP contribution >= 0.6 is 0 Å². The first-order chi connectivity index (χ1) is 9.51. The summed E-state index contributed by atoms with van der Waals surface area (Å²) in [4.78, 5) is 0. The van der Waals surface area contributed by atoms with E-state index in [0.29, 0.717) is 18.8 Å². The molecule has 1 aromatic carbocycles. The Morgan fingerprint density at radius 2 is 1.65 bits per heavy atom. The molecule has 20 heavy (non-hydrogen) atoms. The molecule has 1 rings (SSSR count). The predicted octanol–water partition coefficient (Wildman–Crippen LogP) is 2.79. The van der Waals surface area contributed by atoms with E-state index in [1.165, 1.54) is 4.31 Å². The first-order valence-electron chi connectivity index (χ1n) is 7.05. The number of rotatable bonds is 9. The molecule has 0 aliphatic rings. The number of nitrogen functional groups attached to an aromatic ring is 1. The summed E-state index contributed by atoms with van der Waals surface area (Å²) in [6.45, 7) is 5.01. The van der Waals surface area contributed by atoms with E-state index in [-0.39, 0.29) is 5.75 Å². The second kappa shape index (κ2) is 8.11. The van der Waals surface area contributed by atoms with Crippen molar-refractivity contribution in [1.29, 1.82) is 0 Å². The molecule has 0 aromatic heterocycles. The fraction of sp³-hybridized carbons (Fsp3) is 0.571. The number of nitrogens with zero attached hydrogens (tertiary/aromatic N) is 1. The van der Waals surface area contributed by atoms with Gasteiger partial charge in [-0.1, -0.05) is 38.8 Å². The van der Waals surface area contributed by atoms with Crippen molar-refractivity contribution >= 4 is 16.0 Å². The maximum Gasteiger partial charge on any atom is 0.385 e. The van der Waals surface area contributed by atoms with Crippen molar-refractivity contribution in [2.75, 3.05) is 18.8 Å². The van der Waals surface area contributed by atoms with E-state index in [1.54, 1.807) is 24.3 Å². The van der Waals surface area contributed by atoms with Crippen molar-refractivity contribution in [3.8, 4) is 5.75 Å². The second-order valence-corrected chi connectivity index (χ2v) is 6.22. The van der Waals surface area contributed by atoms with Crippen molar-refractivity contribution in [2.45, 2.75) is 39.5 Å². The summed E-state index contributed by atoms with van der Waals surface area (Å²) in [5.41, 5.74) is 6.04. The molecule has 0 aliphatic heterocycles. The van der Waals surface area contributed by atoms with Crippen molar-refractivity contribution in [3.63, 3.8) is 0 Å². The zero-order valence-electron chi connectivity index (χ0n) is 12.2. The van der Waals surface area contributed by atoms with E-state index in [4.69, 9.17) is 9.92 Å².